The minimum Gasteiger partial charge on any atom is -0.494 e. The van der Waals surface area contributed by atoms with Gasteiger partial charge in [0.15, 0.2) is 17.3 Å². The third kappa shape index (κ3) is 3.38. The molecule has 0 unspecified atom stereocenters. The van der Waals surface area contributed by atoms with E-state index in [1.807, 2.05) is 0 Å². The fourth-order valence-electron chi connectivity index (χ4n) is 1.81. The number of carbonyl (C=O) groups is 1. The van der Waals surface area contributed by atoms with Gasteiger partial charge in [-0.05, 0) is 35.9 Å². The Balaban J connectivity index is 2.23. The highest BCUT2D eigenvalue weighted by atomic mass is 79.9. The molecule has 2 aromatic carbocycles. The first-order chi connectivity index (χ1) is 9.51. The maximum atomic E-state index is 13.6. The number of Topliss-reactive ketones (excluding diaryl/α,β-unsaturated/α-hetero) is 1. The van der Waals surface area contributed by atoms with Gasteiger partial charge in [0, 0.05) is 21.5 Å². The van der Waals surface area contributed by atoms with Gasteiger partial charge in [-0.1, -0.05) is 33.6 Å². The van der Waals surface area contributed by atoms with E-state index < -0.39 is 5.82 Å². The molecule has 2 rings (SSSR count). The maximum Gasteiger partial charge on any atom is 0.168 e. The second kappa shape index (κ2) is 6.37. The van der Waals surface area contributed by atoms with Crippen LogP contribution >= 0.6 is 27.5 Å². The Bertz CT molecular complexity index is 658. The summed E-state index contributed by atoms with van der Waals surface area (Å²) >= 11 is 9.19. The van der Waals surface area contributed by atoms with Crippen LogP contribution in [-0.4, -0.2) is 12.9 Å². The van der Waals surface area contributed by atoms with Gasteiger partial charge in [0.2, 0.25) is 0 Å². The van der Waals surface area contributed by atoms with Gasteiger partial charge >= 0.3 is 0 Å². The number of halogens is 3. The molecule has 5 heteroatoms. The van der Waals surface area contributed by atoms with E-state index in [0.717, 1.165) is 0 Å². The highest BCUT2D eigenvalue weighted by Crippen LogP contribution is 2.24. The number of benzene rings is 2. The maximum absolute atomic E-state index is 13.6. The van der Waals surface area contributed by atoms with Gasteiger partial charge in [0.05, 0.1) is 7.11 Å². The SMILES string of the molecule is COc1ccc(CC(=O)c2cc(Cl)ccc2Br)cc1F. The standard InChI is InChI=1S/C15H11BrClFO2/c1-20-15-5-2-9(6-13(15)18)7-14(19)11-8-10(17)3-4-12(11)16/h2-6,8H,7H2,1H3. The Morgan fingerprint density at radius 2 is 2.05 bits per heavy atom. The normalized spacial score (nSPS) is 10.4. The minimum absolute atomic E-state index is 0.0971. The minimum atomic E-state index is -0.483. The first kappa shape index (κ1) is 15.0. The Kier molecular flexibility index (Phi) is 4.78. The molecule has 0 atom stereocenters. The molecule has 0 fully saturated rings. The fraction of sp³-hybridized carbons (Fsp3) is 0.133. The van der Waals surface area contributed by atoms with Gasteiger partial charge in [-0.2, -0.15) is 0 Å². The van der Waals surface area contributed by atoms with Crippen molar-refractivity contribution in [2.45, 2.75) is 6.42 Å². The van der Waals surface area contributed by atoms with Crippen LogP contribution in [0.4, 0.5) is 4.39 Å². The summed E-state index contributed by atoms with van der Waals surface area (Å²) < 4.78 is 19.1. The molecule has 20 heavy (non-hydrogen) atoms. The second-order valence-corrected chi connectivity index (χ2v) is 5.48. The molecule has 0 radical (unpaired) electrons. The molecule has 2 aromatic rings. The van der Waals surface area contributed by atoms with Gasteiger partial charge in [0.25, 0.3) is 0 Å². The van der Waals surface area contributed by atoms with Crippen LogP contribution in [-0.2, 0) is 6.42 Å². The van der Waals surface area contributed by atoms with E-state index in [4.69, 9.17) is 16.3 Å². The highest BCUT2D eigenvalue weighted by Gasteiger charge is 2.13. The predicted octanol–water partition coefficient (Wildman–Crippen LogP) is 4.68. The molecule has 0 aliphatic heterocycles. The summed E-state index contributed by atoms with van der Waals surface area (Å²) in [7, 11) is 1.40. The van der Waals surface area contributed by atoms with E-state index in [-0.39, 0.29) is 18.0 Å². The summed E-state index contributed by atoms with van der Waals surface area (Å²) in [6, 6.07) is 9.46. The first-order valence-electron chi connectivity index (χ1n) is 5.82. The molecule has 0 heterocycles. The Morgan fingerprint density at radius 3 is 2.70 bits per heavy atom. The van der Waals surface area contributed by atoms with E-state index in [0.29, 0.717) is 20.6 Å². The van der Waals surface area contributed by atoms with Crippen molar-refractivity contribution in [2.75, 3.05) is 7.11 Å². The molecule has 0 aliphatic rings. The summed E-state index contributed by atoms with van der Waals surface area (Å²) in [5, 5.41) is 0.484. The van der Waals surface area contributed by atoms with Crippen LogP contribution in [0.1, 0.15) is 15.9 Å². The van der Waals surface area contributed by atoms with Crippen molar-refractivity contribution in [1.82, 2.24) is 0 Å². The number of methoxy groups -OCH3 is 1. The van der Waals surface area contributed by atoms with Gasteiger partial charge in [0.1, 0.15) is 0 Å². The van der Waals surface area contributed by atoms with Crippen molar-refractivity contribution < 1.29 is 13.9 Å². The number of carbonyl (C=O) groups excluding carboxylic acids is 1. The number of ether oxygens (including phenoxy) is 1. The summed E-state index contributed by atoms with van der Waals surface area (Å²) in [4.78, 5) is 12.2. The van der Waals surface area contributed by atoms with Crippen molar-refractivity contribution in [1.29, 1.82) is 0 Å². The number of hydrogen-bond acceptors (Lipinski definition) is 2. The monoisotopic (exact) mass is 356 g/mol. The summed E-state index contributed by atoms with van der Waals surface area (Å²) in [6.07, 6.45) is 0.0971. The van der Waals surface area contributed by atoms with Crippen LogP contribution in [0.3, 0.4) is 0 Å². The molecule has 104 valence electrons. The molecule has 0 amide bonds. The molecule has 2 nitrogen and oxygen atoms in total. The van der Waals surface area contributed by atoms with Crippen molar-refractivity contribution in [3.05, 3.63) is 62.8 Å². The van der Waals surface area contributed by atoms with Crippen molar-refractivity contribution in [3.63, 3.8) is 0 Å². The Hall–Kier alpha value is -1.39. The molecule has 0 bridgehead atoms. The van der Waals surface area contributed by atoms with Crippen LogP contribution in [0.25, 0.3) is 0 Å². The van der Waals surface area contributed by atoms with Gasteiger partial charge in [-0.15, -0.1) is 0 Å². The van der Waals surface area contributed by atoms with Gasteiger partial charge in [-0.25, -0.2) is 4.39 Å². The molecule has 0 aliphatic carbocycles. The zero-order valence-corrected chi connectivity index (χ0v) is 13.0. The molecule has 0 N–H and O–H groups in total. The van der Waals surface area contributed by atoms with E-state index in [2.05, 4.69) is 15.9 Å². The van der Waals surface area contributed by atoms with Crippen molar-refractivity contribution >= 4 is 33.3 Å². The first-order valence-corrected chi connectivity index (χ1v) is 6.99. The molecule has 0 saturated heterocycles. The number of rotatable bonds is 4. The summed E-state index contributed by atoms with van der Waals surface area (Å²) in [6.45, 7) is 0. The largest absolute Gasteiger partial charge is 0.494 e. The highest BCUT2D eigenvalue weighted by molar-refractivity contribution is 9.10. The number of ketones is 1. The van der Waals surface area contributed by atoms with E-state index in [1.54, 1.807) is 24.3 Å². The predicted molar refractivity (Wildman–Crippen MR) is 80.1 cm³/mol. The zero-order valence-electron chi connectivity index (χ0n) is 10.6. The van der Waals surface area contributed by atoms with Crippen LogP contribution in [0, 0.1) is 5.82 Å². The molecule has 0 aromatic heterocycles. The van der Waals surface area contributed by atoms with Gasteiger partial charge < -0.3 is 4.74 Å². The lowest BCUT2D eigenvalue weighted by atomic mass is 10.0. The quantitative estimate of drug-likeness (QED) is 0.743. The third-order valence-electron chi connectivity index (χ3n) is 2.81. The summed E-state index contributed by atoms with van der Waals surface area (Å²) in [5.41, 5.74) is 1.06. The van der Waals surface area contributed by atoms with Crippen molar-refractivity contribution in [2.24, 2.45) is 0 Å². The lowest BCUT2D eigenvalue weighted by Gasteiger charge is -2.07. The van der Waals surface area contributed by atoms with Crippen LogP contribution < -0.4 is 4.74 Å². The van der Waals surface area contributed by atoms with E-state index in [1.165, 1.54) is 19.2 Å². The van der Waals surface area contributed by atoms with Gasteiger partial charge in [-0.3, -0.25) is 4.79 Å². The lowest BCUT2D eigenvalue weighted by Crippen LogP contribution is -2.05. The summed E-state index contributed by atoms with van der Waals surface area (Å²) in [5.74, 6) is -0.461. The molecule has 0 spiro atoms. The fourth-order valence-corrected chi connectivity index (χ4v) is 2.45. The molecule has 0 saturated carbocycles. The molecular weight excluding hydrogens is 347 g/mol. The van der Waals surface area contributed by atoms with E-state index in [9.17, 15) is 9.18 Å². The lowest BCUT2D eigenvalue weighted by molar-refractivity contribution is 0.0992. The third-order valence-corrected chi connectivity index (χ3v) is 3.74. The average molecular weight is 358 g/mol. The number of hydrogen-bond donors (Lipinski definition) is 0. The van der Waals surface area contributed by atoms with Crippen molar-refractivity contribution in [3.8, 4) is 5.75 Å². The van der Waals surface area contributed by atoms with Crippen LogP contribution in [0.15, 0.2) is 40.9 Å². The van der Waals surface area contributed by atoms with Crippen LogP contribution in [0.5, 0.6) is 5.75 Å². The average Bonchev–Trinajstić information content (AvgIpc) is 2.41. The zero-order chi connectivity index (χ0) is 14.7. The Labute approximate surface area is 129 Å². The van der Waals surface area contributed by atoms with E-state index >= 15 is 0 Å². The smallest absolute Gasteiger partial charge is 0.168 e. The molecular formula is C15H11BrClFO2. The topological polar surface area (TPSA) is 26.3 Å². The van der Waals surface area contributed by atoms with Crippen LogP contribution in [0.2, 0.25) is 5.02 Å². The second-order valence-electron chi connectivity index (χ2n) is 4.19. The Morgan fingerprint density at radius 1 is 1.30 bits per heavy atom.